The standard InChI is InChI=1S/C14H20N4O3/c1-9-4-5-17(8-11(9)7-15)12-3-2-10(14(16)19)6-13(12)18(20)21/h2-3,6,9,11H,4-5,7-8,15H2,1H3,(H2,16,19). The molecule has 0 radical (unpaired) electrons. The van der Waals surface area contributed by atoms with Crippen LogP contribution in [0.25, 0.3) is 0 Å². The molecule has 0 saturated carbocycles. The SMILES string of the molecule is CC1CCN(c2ccc(C(N)=O)cc2[N+](=O)[O-])CC1CN. The molecule has 1 aromatic rings. The van der Waals surface area contributed by atoms with Crippen molar-refractivity contribution in [2.45, 2.75) is 13.3 Å². The van der Waals surface area contributed by atoms with Crippen molar-refractivity contribution in [1.29, 1.82) is 0 Å². The Bertz CT molecular complexity index is 561. The molecule has 1 heterocycles. The monoisotopic (exact) mass is 292 g/mol. The van der Waals surface area contributed by atoms with Crippen molar-refractivity contribution in [3.05, 3.63) is 33.9 Å². The van der Waals surface area contributed by atoms with Crippen molar-refractivity contribution in [2.24, 2.45) is 23.3 Å². The van der Waals surface area contributed by atoms with Crippen molar-refractivity contribution in [3.63, 3.8) is 0 Å². The van der Waals surface area contributed by atoms with E-state index in [1.807, 2.05) is 4.90 Å². The van der Waals surface area contributed by atoms with Gasteiger partial charge >= 0.3 is 0 Å². The molecule has 0 bridgehead atoms. The minimum absolute atomic E-state index is 0.0865. The van der Waals surface area contributed by atoms with E-state index in [4.69, 9.17) is 11.5 Å². The Hall–Kier alpha value is -2.15. The first-order chi connectivity index (χ1) is 9.93. The summed E-state index contributed by atoms with van der Waals surface area (Å²) in [6, 6.07) is 4.37. The molecule has 0 aromatic heterocycles. The summed E-state index contributed by atoms with van der Waals surface area (Å²) in [7, 11) is 0. The number of benzene rings is 1. The van der Waals surface area contributed by atoms with Gasteiger partial charge < -0.3 is 16.4 Å². The summed E-state index contributed by atoms with van der Waals surface area (Å²) < 4.78 is 0. The number of hydrogen-bond donors (Lipinski definition) is 2. The summed E-state index contributed by atoms with van der Waals surface area (Å²) in [4.78, 5) is 23.9. The van der Waals surface area contributed by atoms with Crippen LogP contribution in [0.2, 0.25) is 0 Å². The fraction of sp³-hybridized carbons (Fsp3) is 0.500. The second-order valence-electron chi connectivity index (χ2n) is 5.53. The van der Waals surface area contributed by atoms with Crippen LogP contribution >= 0.6 is 0 Å². The normalized spacial score (nSPS) is 22.1. The molecule has 1 amide bonds. The number of amides is 1. The summed E-state index contributed by atoms with van der Waals surface area (Å²) in [6.45, 7) is 4.15. The first kappa shape index (κ1) is 15.2. The van der Waals surface area contributed by atoms with Crippen LogP contribution < -0.4 is 16.4 Å². The third-order valence-corrected chi connectivity index (χ3v) is 4.21. The van der Waals surface area contributed by atoms with Crippen LogP contribution in [-0.2, 0) is 0 Å². The van der Waals surface area contributed by atoms with Crippen molar-refractivity contribution in [2.75, 3.05) is 24.5 Å². The van der Waals surface area contributed by atoms with E-state index >= 15 is 0 Å². The van der Waals surface area contributed by atoms with Gasteiger partial charge in [-0.3, -0.25) is 14.9 Å². The van der Waals surface area contributed by atoms with E-state index in [0.717, 1.165) is 13.0 Å². The summed E-state index contributed by atoms with van der Waals surface area (Å²) in [6.07, 6.45) is 0.941. The van der Waals surface area contributed by atoms with Crippen LogP contribution in [-0.4, -0.2) is 30.5 Å². The van der Waals surface area contributed by atoms with E-state index in [2.05, 4.69) is 6.92 Å². The molecule has 2 rings (SSSR count). The third-order valence-electron chi connectivity index (χ3n) is 4.21. The second kappa shape index (κ2) is 6.09. The quantitative estimate of drug-likeness (QED) is 0.637. The zero-order valence-electron chi connectivity index (χ0n) is 12.0. The number of nitrogens with zero attached hydrogens (tertiary/aromatic N) is 2. The zero-order chi connectivity index (χ0) is 15.6. The summed E-state index contributed by atoms with van der Waals surface area (Å²) in [5, 5.41) is 11.3. The van der Waals surface area contributed by atoms with Crippen molar-refractivity contribution >= 4 is 17.3 Å². The number of piperidine rings is 1. The summed E-state index contributed by atoms with van der Waals surface area (Å²) in [5.41, 5.74) is 11.5. The molecule has 4 N–H and O–H groups in total. The van der Waals surface area contributed by atoms with Crippen LogP contribution in [0.1, 0.15) is 23.7 Å². The molecule has 21 heavy (non-hydrogen) atoms. The number of nitrogens with two attached hydrogens (primary N) is 2. The minimum atomic E-state index is -0.670. The average molecular weight is 292 g/mol. The number of nitro groups is 1. The van der Waals surface area contributed by atoms with Crippen LogP contribution in [0.15, 0.2) is 18.2 Å². The summed E-state index contributed by atoms with van der Waals surface area (Å²) >= 11 is 0. The first-order valence-electron chi connectivity index (χ1n) is 6.97. The van der Waals surface area contributed by atoms with Gasteiger partial charge in [0.2, 0.25) is 5.91 Å². The highest BCUT2D eigenvalue weighted by atomic mass is 16.6. The highest BCUT2D eigenvalue weighted by Crippen LogP contribution is 2.33. The Balaban J connectivity index is 2.35. The molecule has 1 aromatic carbocycles. The number of carbonyl (C=O) groups excluding carboxylic acids is 1. The average Bonchev–Trinajstić information content (AvgIpc) is 2.47. The van der Waals surface area contributed by atoms with E-state index in [0.29, 0.717) is 30.6 Å². The largest absolute Gasteiger partial charge is 0.366 e. The molecule has 1 aliphatic heterocycles. The number of anilines is 1. The van der Waals surface area contributed by atoms with Gasteiger partial charge in [0, 0.05) is 24.7 Å². The van der Waals surface area contributed by atoms with Gasteiger partial charge in [-0.25, -0.2) is 0 Å². The number of nitro benzene ring substituents is 1. The lowest BCUT2D eigenvalue weighted by molar-refractivity contribution is -0.384. The van der Waals surface area contributed by atoms with Crippen molar-refractivity contribution in [3.8, 4) is 0 Å². The molecule has 0 spiro atoms. The molecule has 1 fully saturated rings. The summed E-state index contributed by atoms with van der Waals surface area (Å²) in [5.74, 6) is 0.154. The molecular formula is C14H20N4O3. The van der Waals surface area contributed by atoms with E-state index < -0.39 is 10.8 Å². The molecule has 114 valence electrons. The second-order valence-corrected chi connectivity index (χ2v) is 5.53. The Morgan fingerprint density at radius 3 is 2.81 bits per heavy atom. The van der Waals surface area contributed by atoms with Gasteiger partial charge in [0.1, 0.15) is 5.69 Å². The highest BCUT2D eigenvalue weighted by molar-refractivity contribution is 5.94. The molecule has 1 aliphatic rings. The maximum atomic E-state index is 11.3. The molecule has 2 atom stereocenters. The van der Waals surface area contributed by atoms with E-state index in [1.165, 1.54) is 12.1 Å². The van der Waals surface area contributed by atoms with Crippen LogP contribution in [0.4, 0.5) is 11.4 Å². The molecule has 0 aliphatic carbocycles. The van der Waals surface area contributed by atoms with Gasteiger partial charge in [0.15, 0.2) is 0 Å². The smallest absolute Gasteiger partial charge is 0.293 e. The van der Waals surface area contributed by atoms with Gasteiger partial charge in [0.25, 0.3) is 5.69 Å². The highest BCUT2D eigenvalue weighted by Gasteiger charge is 2.29. The van der Waals surface area contributed by atoms with E-state index in [9.17, 15) is 14.9 Å². The lowest BCUT2D eigenvalue weighted by Crippen LogP contribution is -2.42. The van der Waals surface area contributed by atoms with Gasteiger partial charge in [0.05, 0.1) is 4.92 Å². The number of primary amides is 1. The lowest BCUT2D eigenvalue weighted by atomic mass is 9.87. The Kier molecular flexibility index (Phi) is 4.42. The molecule has 2 unspecified atom stereocenters. The van der Waals surface area contributed by atoms with Crippen molar-refractivity contribution in [1.82, 2.24) is 0 Å². The van der Waals surface area contributed by atoms with Crippen LogP contribution in [0.5, 0.6) is 0 Å². The predicted molar refractivity (Wildman–Crippen MR) is 80.2 cm³/mol. The third kappa shape index (κ3) is 3.13. The lowest BCUT2D eigenvalue weighted by Gasteiger charge is -2.37. The Morgan fingerprint density at radius 2 is 2.24 bits per heavy atom. The number of hydrogen-bond acceptors (Lipinski definition) is 5. The Morgan fingerprint density at radius 1 is 1.52 bits per heavy atom. The van der Waals surface area contributed by atoms with Gasteiger partial charge in [-0.05, 0) is 36.9 Å². The zero-order valence-corrected chi connectivity index (χ0v) is 12.0. The molecular weight excluding hydrogens is 272 g/mol. The van der Waals surface area contributed by atoms with Crippen LogP contribution in [0.3, 0.4) is 0 Å². The fourth-order valence-corrected chi connectivity index (χ4v) is 2.77. The number of rotatable bonds is 4. The maximum Gasteiger partial charge on any atom is 0.293 e. The van der Waals surface area contributed by atoms with Crippen LogP contribution in [0, 0.1) is 22.0 Å². The fourth-order valence-electron chi connectivity index (χ4n) is 2.77. The number of carbonyl (C=O) groups is 1. The molecule has 7 nitrogen and oxygen atoms in total. The minimum Gasteiger partial charge on any atom is -0.366 e. The first-order valence-corrected chi connectivity index (χ1v) is 6.97. The molecule has 1 saturated heterocycles. The van der Waals surface area contributed by atoms with Crippen molar-refractivity contribution < 1.29 is 9.72 Å². The van der Waals surface area contributed by atoms with Gasteiger partial charge in [-0.15, -0.1) is 0 Å². The Labute approximate surface area is 123 Å². The van der Waals surface area contributed by atoms with E-state index in [1.54, 1.807) is 6.07 Å². The predicted octanol–water partition coefficient (Wildman–Crippen LogP) is 1.11. The maximum absolute atomic E-state index is 11.3. The van der Waals surface area contributed by atoms with E-state index in [-0.39, 0.29) is 11.3 Å². The topological polar surface area (TPSA) is 115 Å². The molecule has 7 heteroatoms. The van der Waals surface area contributed by atoms with Gasteiger partial charge in [-0.1, -0.05) is 6.92 Å². The van der Waals surface area contributed by atoms with Gasteiger partial charge in [-0.2, -0.15) is 0 Å².